The topological polar surface area (TPSA) is 66.8 Å². The number of carbonyl (C=O) groups is 1. The highest BCUT2D eigenvalue weighted by Crippen LogP contribution is 2.27. The van der Waals surface area contributed by atoms with Crippen LogP contribution in [0.5, 0.6) is 11.5 Å². The number of ether oxygens (including phenoxy) is 1. The van der Waals surface area contributed by atoms with Crippen molar-refractivity contribution >= 4 is 5.78 Å². The highest BCUT2D eigenvalue weighted by molar-refractivity contribution is 6.00. The van der Waals surface area contributed by atoms with Gasteiger partial charge in [0.1, 0.15) is 18.1 Å². The molecule has 0 unspecified atom stereocenters. The Kier molecular flexibility index (Phi) is 5.55. The molecule has 0 bridgehead atoms. The Morgan fingerprint density at radius 2 is 1.91 bits per heavy atom. The maximum absolute atomic E-state index is 12.2. The first-order valence-corrected chi connectivity index (χ1v) is 7.30. The summed E-state index contributed by atoms with van der Waals surface area (Å²) in [5, 5.41) is 19.2. The van der Waals surface area contributed by atoms with Crippen LogP contribution in [0.25, 0.3) is 0 Å². The molecule has 0 saturated carbocycles. The summed E-state index contributed by atoms with van der Waals surface area (Å²) in [6, 6.07) is 14.3. The van der Waals surface area contributed by atoms with Gasteiger partial charge < -0.3 is 14.9 Å². The van der Waals surface area contributed by atoms with Crippen LogP contribution in [0, 0.1) is 5.92 Å². The van der Waals surface area contributed by atoms with E-state index in [2.05, 4.69) is 0 Å². The summed E-state index contributed by atoms with van der Waals surface area (Å²) in [5.74, 6) is -0.364. The molecule has 0 spiro atoms. The molecule has 0 fully saturated rings. The Labute approximate surface area is 130 Å². The Bertz CT molecular complexity index is 618. The number of Topliss-reactive ketones (excluding diaryl/α,β-unsaturated/α-hetero) is 1. The third-order valence-electron chi connectivity index (χ3n) is 3.57. The third kappa shape index (κ3) is 3.86. The number of hydrogen-bond donors (Lipinski definition) is 2. The first-order chi connectivity index (χ1) is 10.7. The number of aromatic hydroxyl groups is 1. The van der Waals surface area contributed by atoms with Crippen molar-refractivity contribution in [2.45, 2.75) is 20.0 Å². The molecule has 4 nitrogen and oxygen atoms in total. The molecule has 1 atom stereocenters. The second kappa shape index (κ2) is 7.61. The van der Waals surface area contributed by atoms with Gasteiger partial charge in [0.05, 0.1) is 12.2 Å². The highest BCUT2D eigenvalue weighted by atomic mass is 16.5. The Balaban J connectivity index is 2.08. The zero-order valence-electron chi connectivity index (χ0n) is 12.5. The van der Waals surface area contributed by atoms with E-state index in [-0.39, 0.29) is 23.7 Å². The molecule has 116 valence electrons. The number of aliphatic hydroxyl groups excluding tert-OH is 1. The minimum Gasteiger partial charge on any atom is -0.507 e. The van der Waals surface area contributed by atoms with Gasteiger partial charge in [-0.25, -0.2) is 0 Å². The van der Waals surface area contributed by atoms with Crippen molar-refractivity contribution in [1.29, 1.82) is 0 Å². The standard InChI is InChI=1S/C18H20O4/c1-2-14(11-19)18(21)16-9-8-15(10-17(16)20)22-12-13-6-4-3-5-7-13/h3-10,14,19-20H,2,11-12H2,1H3/t14-/m0/s1. The van der Waals surface area contributed by atoms with Crippen LogP contribution in [0.3, 0.4) is 0 Å². The molecule has 0 saturated heterocycles. The lowest BCUT2D eigenvalue weighted by Gasteiger charge is -2.13. The SMILES string of the molecule is CC[C@@H](CO)C(=O)c1ccc(OCc2ccccc2)cc1O. The molecule has 2 aromatic rings. The van der Waals surface area contributed by atoms with E-state index in [1.165, 1.54) is 12.1 Å². The lowest BCUT2D eigenvalue weighted by atomic mass is 9.95. The van der Waals surface area contributed by atoms with Crippen LogP contribution < -0.4 is 4.74 Å². The fourth-order valence-corrected chi connectivity index (χ4v) is 2.17. The van der Waals surface area contributed by atoms with Crippen molar-refractivity contribution in [3.63, 3.8) is 0 Å². The van der Waals surface area contributed by atoms with E-state index in [4.69, 9.17) is 4.74 Å². The van der Waals surface area contributed by atoms with Gasteiger partial charge in [-0.05, 0) is 24.1 Å². The van der Waals surface area contributed by atoms with Crippen LogP contribution in [0.15, 0.2) is 48.5 Å². The summed E-state index contributed by atoms with van der Waals surface area (Å²) in [6.07, 6.45) is 0.529. The summed E-state index contributed by atoms with van der Waals surface area (Å²) < 4.78 is 5.60. The molecule has 2 rings (SSSR count). The monoisotopic (exact) mass is 300 g/mol. The van der Waals surface area contributed by atoms with Crippen molar-refractivity contribution in [1.82, 2.24) is 0 Å². The fourth-order valence-electron chi connectivity index (χ4n) is 2.17. The fraction of sp³-hybridized carbons (Fsp3) is 0.278. The van der Waals surface area contributed by atoms with Crippen LogP contribution in [0.1, 0.15) is 29.3 Å². The molecule has 0 amide bonds. The van der Waals surface area contributed by atoms with E-state index in [0.29, 0.717) is 18.8 Å². The van der Waals surface area contributed by atoms with E-state index in [1.54, 1.807) is 6.07 Å². The minimum absolute atomic E-state index is 0.123. The summed E-state index contributed by atoms with van der Waals surface area (Å²) >= 11 is 0. The van der Waals surface area contributed by atoms with Gasteiger partial charge in [0.15, 0.2) is 5.78 Å². The quantitative estimate of drug-likeness (QED) is 0.771. The average molecular weight is 300 g/mol. The van der Waals surface area contributed by atoms with Gasteiger partial charge in [-0.1, -0.05) is 37.3 Å². The molecule has 2 aromatic carbocycles. The van der Waals surface area contributed by atoms with Crippen molar-refractivity contribution in [2.24, 2.45) is 5.92 Å². The molecular formula is C18H20O4. The van der Waals surface area contributed by atoms with Crippen LogP contribution >= 0.6 is 0 Å². The predicted molar refractivity (Wildman–Crippen MR) is 84.1 cm³/mol. The minimum atomic E-state index is -0.484. The van der Waals surface area contributed by atoms with Crippen LogP contribution in [-0.4, -0.2) is 22.6 Å². The van der Waals surface area contributed by atoms with Gasteiger partial charge >= 0.3 is 0 Å². The molecular weight excluding hydrogens is 280 g/mol. The Morgan fingerprint density at radius 1 is 1.18 bits per heavy atom. The molecule has 2 N–H and O–H groups in total. The number of phenolic OH excluding ortho intramolecular Hbond substituents is 1. The first kappa shape index (κ1) is 16.0. The molecule has 22 heavy (non-hydrogen) atoms. The number of benzene rings is 2. The maximum Gasteiger partial charge on any atom is 0.171 e. The van der Waals surface area contributed by atoms with Crippen LogP contribution in [0.2, 0.25) is 0 Å². The molecule has 4 heteroatoms. The van der Waals surface area contributed by atoms with Gasteiger partial charge in [-0.3, -0.25) is 4.79 Å². The van der Waals surface area contributed by atoms with Gasteiger partial charge in [0, 0.05) is 12.0 Å². The second-order valence-electron chi connectivity index (χ2n) is 5.11. The second-order valence-corrected chi connectivity index (χ2v) is 5.11. The van der Waals surface area contributed by atoms with Gasteiger partial charge in [-0.15, -0.1) is 0 Å². The van der Waals surface area contributed by atoms with Gasteiger partial charge in [0.2, 0.25) is 0 Å². The normalized spacial score (nSPS) is 11.9. The molecule has 0 aliphatic rings. The number of phenols is 1. The summed E-state index contributed by atoms with van der Waals surface area (Å²) in [4.78, 5) is 12.2. The summed E-state index contributed by atoms with van der Waals surface area (Å²) in [5.41, 5.74) is 1.24. The molecule has 0 aliphatic carbocycles. The predicted octanol–water partition coefficient (Wildman–Crippen LogP) is 3.17. The van der Waals surface area contributed by atoms with Crippen molar-refractivity contribution < 1.29 is 19.7 Å². The maximum atomic E-state index is 12.2. The zero-order chi connectivity index (χ0) is 15.9. The lowest BCUT2D eigenvalue weighted by molar-refractivity contribution is 0.0853. The van der Waals surface area contributed by atoms with E-state index in [0.717, 1.165) is 5.56 Å². The largest absolute Gasteiger partial charge is 0.507 e. The van der Waals surface area contributed by atoms with Crippen molar-refractivity contribution in [2.75, 3.05) is 6.61 Å². The highest BCUT2D eigenvalue weighted by Gasteiger charge is 2.20. The van der Waals surface area contributed by atoms with Crippen molar-refractivity contribution in [3.8, 4) is 11.5 Å². The van der Waals surface area contributed by atoms with Crippen LogP contribution in [-0.2, 0) is 6.61 Å². The molecule has 0 radical (unpaired) electrons. The smallest absolute Gasteiger partial charge is 0.171 e. The molecule has 0 heterocycles. The summed E-state index contributed by atoms with van der Waals surface area (Å²) in [7, 11) is 0. The molecule has 0 aliphatic heterocycles. The van der Waals surface area contributed by atoms with Crippen molar-refractivity contribution in [3.05, 3.63) is 59.7 Å². The lowest BCUT2D eigenvalue weighted by Crippen LogP contribution is -2.17. The first-order valence-electron chi connectivity index (χ1n) is 7.30. The van der Waals surface area contributed by atoms with E-state index >= 15 is 0 Å². The van der Waals surface area contributed by atoms with Gasteiger partial charge in [0.25, 0.3) is 0 Å². The van der Waals surface area contributed by atoms with Crippen LogP contribution in [0.4, 0.5) is 0 Å². The number of aliphatic hydroxyl groups is 1. The van der Waals surface area contributed by atoms with E-state index < -0.39 is 5.92 Å². The number of ketones is 1. The van der Waals surface area contributed by atoms with E-state index in [1.807, 2.05) is 37.3 Å². The van der Waals surface area contributed by atoms with E-state index in [9.17, 15) is 15.0 Å². The third-order valence-corrected chi connectivity index (χ3v) is 3.57. The Morgan fingerprint density at radius 3 is 2.50 bits per heavy atom. The van der Waals surface area contributed by atoms with Gasteiger partial charge in [-0.2, -0.15) is 0 Å². The Hall–Kier alpha value is -2.33. The number of hydrogen-bond acceptors (Lipinski definition) is 4. The number of carbonyl (C=O) groups excluding carboxylic acids is 1. The average Bonchev–Trinajstić information content (AvgIpc) is 2.55. The number of rotatable bonds is 7. The summed E-state index contributed by atoms with van der Waals surface area (Å²) in [6.45, 7) is 2.00. The molecule has 0 aromatic heterocycles. The zero-order valence-corrected chi connectivity index (χ0v) is 12.5.